The number of carbonyl (C=O) groups is 2. The molecule has 4 nitrogen and oxygen atoms in total. The number of piperidine rings is 2. The molecule has 0 aromatic carbocycles. The van der Waals surface area contributed by atoms with Crippen LogP contribution in [0.3, 0.4) is 0 Å². The summed E-state index contributed by atoms with van der Waals surface area (Å²) in [5.74, 6) is 1.36. The number of nitrogens with zero attached hydrogens (tertiary/aromatic N) is 1. The highest BCUT2D eigenvalue weighted by atomic mass is 35.5. The van der Waals surface area contributed by atoms with Gasteiger partial charge >= 0.3 is 0 Å². The van der Waals surface area contributed by atoms with Crippen LogP contribution in [0.25, 0.3) is 0 Å². The SMILES string of the molecule is O=C1CCC2CN(C(=O)CCCCl)CCC2N1. The Morgan fingerprint density at radius 3 is 3.06 bits per heavy atom. The van der Waals surface area contributed by atoms with Gasteiger partial charge in [-0.2, -0.15) is 0 Å². The molecule has 2 heterocycles. The summed E-state index contributed by atoms with van der Waals surface area (Å²) in [4.78, 5) is 25.1. The lowest BCUT2D eigenvalue weighted by atomic mass is 9.85. The van der Waals surface area contributed by atoms with Gasteiger partial charge in [0.2, 0.25) is 11.8 Å². The molecule has 0 bridgehead atoms. The Morgan fingerprint density at radius 1 is 1.47 bits per heavy atom. The third-order valence-electron chi connectivity index (χ3n) is 3.70. The van der Waals surface area contributed by atoms with Gasteiger partial charge in [-0.1, -0.05) is 0 Å². The lowest BCUT2D eigenvalue weighted by molar-refractivity contribution is -0.134. The number of rotatable bonds is 3. The maximum absolute atomic E-state index is 11.9. The molecule has 2 unspecified atom stereocenters. The average molecular weight is 259 g/mol. The molecule has 2 fully saturated rings. The monoisotopic (exact) mass is 258 g/mol. The van der Waals surface area contributed by atoms with E-state index in [9.17, 15) is 9.59 Å². The maximum atomic E-state index is 11.9. The second-order valence-corrected chi connectivity index (χ2v) is 5.27. The molecule has 2 aliphatic heterocycles. The molecule has 5 heteroatoms. The highest BCUT2D eigenvalue weighted by molar-refractivity contribution is 6.17. The zero-order valence-electron chi connectivity index (χ0n) is 9.95. The largest absolute Gasteiger partial charge is 0.353 e. The number of likely N-dealkylation sites (tertiary alicyclic amines) is 1. The molecule has 2 amide bonds. The Bertz CT molecular complexity index is 309. The number of amides is 2. The molecule has 0 radical (unpaired) electrons. The molecule has 0 spiro atoms. The summed E-state index contributed by atoms with van der Waals surface area (Å²) in [6, 6.07) is 0.285. The van der Waals surface area contributed by atoms with Crippen molar-refractivity contribution >= 4 is 23.4 Å². The molecule has 0 saturated carbocycles. The average Bonchev–Trinajstić information content (AvgIpc) is 2.35. The summed E-state index contributed by atoms with van der Waals surface area (Å²) in [6.07, 6.45) is 3.71. The number of hydrogen-bond acceptors (Lipinski definition) is 2. The minimum Gasteiger partial charge on any atom is -0.353 e. The van der Waals surface area contributed by atoms with Gasteiger partial charge in [-0.15, -0.1) is 11.6 Å². The molecule has 0 aromatic heterocycles. The first-order valence-electron chi connectivity index (χ1n) is 6.34. The van der Waals surface area contributed by atoms with E-state index in [1.54, 1.807) is 0 Å². The predicted molar refractivity (Wildman–Crippen MR) is 65.8 cm³/mol. The summed E-state index contributed by atoms with van der Waals surface area (Å²) in [5, 5.41) is 3.02. The number of halogens is 1. The first kappa shape index (κ1) is 12.7. The number of nitrogens with one attached hydrogen (secondary N) is 1. The van der Waals surface area contributed by atoms with Crippen molar-refractivity contribution in [2.75, 3.05) is 19.0 Å². The molecule has 1 N–H and O–H groups in total. The van der Waals surface area contributed by atoms with Gasteiger partial charge in [0.15, 0.2) is 0 Å². The fraction of sp³-hybridized carbons (Fsp3) is 0.833. The van der Waals surface area contributed by atoms with Gasteiger partial charge in [-0.05, 0) is 25.2 Å². The smallest absolute Gasteiger partial charge is 0.222 e. The standard InChI is InChI=1S/C12H19ClN2O2/c13-6-1-2-12(17)15-7-5-10-9(8-15)3-4-11(16)14-10/h9-10H,1-8H2,(H,14,16). The van der Waals surface area contributed by atoms with E-state index in [4.69, 9.17) is 11.6 Å². The predicted octanol–water partition coefficient (Wildman–Crippen LogP) is 1.13. The second kappa shape index (κ2) is 5.71. The van der Waals surface area contributed by atoms with Crippen LogP contribution >= 0.6 is 11.6 Å². The van der Waals surface area contributed by atoms with Crippen LogP contribution in [0.15, 0.2) is 0 Å². The molecule has 0 aliphatic carbocycles. The Hall–Kier alpha value is -0.770. The van der Waals surface area contributed by atoms with E-state index in [-0.39, 0.29) is 17.9 Å². The van der Waals surface area contributed by atoms with Gasteiger partial charge < -0.3 is 10.2 Å². The van der Waals surface area contributed by atoms with Gasteiger partial charge in [-0.25, -0.2) is 0 Å². The molecule has 2 atom stereocenters. The van der Waals surface area contributed by atoms with E-state index >= 15 is 0 Å². The van der Waals surface area contributed by atoms with Crippen LogP contribution < -0.4 is 5.32 Å². The van der Waals surface area contributed by atoms with Gasteiger partial charge in [-0.3, -0.25) is 9.59 Å². The minimum absolute atomic E-state index is 0.160. The van der Waals surface area contributed by atoms with Crippen LogP contribution in [0.4, 0.5) is 0 Å². The quantitative estimate of drug-likeness (QED) is 0.772. The molecule has 0 aromatic rings. The first-order chi connectivity index (χ1) is 8.20. The fourth-order valence-electron chi connectivity index (χ4n) is 2.71. The summed E-state index contributed by atoms with van der Waals surface area (Å²) in [7, 11) is 0. The normalized spacial score (nSPS) is 28.5. The molecule has 2 aliphatic rings. The van der Waals surface area contributed by atoms with Crippen LogP contribution in [0.5, 0.6) is 0 Å². The van der Waals surface area contributed by atoms with Crippen molar-refractivity contribution in [2.24, 2.45) is 5.92 Å². The van der Waals surface area contributed by atoms with Crippen molar-refractivity contribution < 1.29 is 9.59 Å². The Labute approximate surface area is 107 Å². The van der Waals surface area contributed by atoms with Crippen LogP contribution in [-0.4, -0.2) is 41.7 Å². The van der Waals surface area contributed by atoms with Crippen LogP contribution in [-0.2, 0) is 9.59 Å². The van der Waals surface area contributed by atoms with Crippen LogP contribution in [0.1, 0.15) is 32.1 Å². The minimum atomic E-state index is 0.160. The highest BCUT2D eigenvalue weighted by Crippen LogP contribution is 2.25. The van der Waals surface area contributed by atoms with E-state index in [1.165, 1.54) is 0 Å². The lowest BCUT2D eigenvalue weighted by Gasteiger charge is -2.41. The van der Waals surface area contributed by atoms with Crippen molar-refractivity contribution in [1.82, 2.24) is 10.2 Å². The zero-order chi connectivity index (χ0) is 12.3. The molecule has 96 valence electrons. The van der Waals surface area contributed by atoms with E-state index in [2.05, 4.69) is 5.32 Å². The second-order valence-electron chi connectivity index (χ2n) is 4.89. The topological polar surface area (TPSA) is 49.4 Å². The fourth-order valence-corrected chi connectivity index (χ4v) is 2.85. The van der Waals surface area contributed by atoms with Crippen molar-refractivity contribution in [2.45, 2.75) is 38.1 Å². The van der Waals surface area contributed by atoms with Crippen LogP contribution in [0.2, 0.25) is 0 Å². The Kier molecular flexibility index (Phi) is 4.26. The number of hydrogen-bond donors (Lipinski definition) is 1. The zero-order valence-corrected chi connectivity index (χ0v) is 10.7. The van der Waals surface area contributed by atoms with Gasteiger partial charge in [0.25, 0.3) is 0 Å². The third kappa shape index (κ3) is 3.12. The summed E-state index contributed by atoms with van der Waals surface area (Å²) in [5.41, 5.74) is 0. The van der Waals surface area contributed by atoms with E-state index in [0.29, 0.717) is 24.6 Å². The van der Waals surface area contributed by atoms with Crippen molar-refractivity contribution in [3.05, 3.63) is 0 Å². The summed E-state index contributed by atoms with van der Waals surface area (Å²) in [6.45, 7) is 1.56. The van der Waals surface area contributed by atoms with E-state index in [0.717, 1.165) is 32.4 Å². The number of alkyl halides is 1. The van der Waals surface area contributed by atoms with Gasteiger partial charge in [0, 0.05) is 37.9 Å². The van der Waals surface area contributed by atoms with Crippen molar-refractivity contribution in [3.8, 4) is 0 Å². The Morgan fingerprint density at radius 2 is 2.29 bits per heavy atom. The van der Waals surface area contributed by atoms with Crippen molar-refractivity contribution in [1.29, 1.82) is 0 Å². The molecular formula is C12H19ClN2O2. The Balaban J connectivity index is 1.85. The molecule has 2 rings (SSSR count). The van der Waals surface area contributed by atoms with E-state index < -0.39 is 0 Å². The van der Waals surface area contributed by atoms with Gasteiger partial charge in [0.05, 0.1) is 0 Å². The van der Waals surface area contributed by atoms with Crippen LogP contribution in [0, 0.1) is 5.92 Å². The lowest BCUT2D eigenvalue weighted by Crippen LogP contribution is -2.55. The molecule has 17 heavy (non-hydrogen) atoms. The molecule has 2 saturated heterocycles. The maximum Gasteiger partial charge on any atom is 0.222 e. The van der Waals surface area contributed by atoms with Gasteiger partial charge in [0.1, 0.15) is 0 Å². The number of carbonyl (C=O) groups excluding carboxylic acids is 2. The first-order valence-corrected chi connectivity index (χ1v) is 6.87. The number of fused-ring (bicyclic) bond motifs is 1. The van der Waals surface area contributed by atoms with Crippen molar-refractivity contribution in [3.63, 3.8) is 0 Å². The summed E-state index contributed by atoms with van der Waals surface area (Å²) >= 11 is 5.59. The summed E-state index contributed by atoms with van der Waals surface area (Å²) < 4.78 is 0. The van der Waals surface area contributed by atoms with E-state index in [1.807, 2.05) is 4.90 Å². The highest BCUT2D eigenvalue weighted by Gasteiger charge is 2.34. The molecular weight excluding hydrogens is 240 g/mol. The third-order valence-corrected chi connectivity index (χ3v) is 3.97.